The number of carbonyl (C=O) groups excluding carboxylic acids is 1. The Balaban J connectivity index is 1.39. The minimum atomic E-state index is -0.132. The average molecular weight is 550 g/mol. The number of hydrogen-bond acceptors (Lipinski definition) is 8. The molecule has 9 nitrogen and oxygen atoms in total. The molecule has 1 amide bonds. The first-order valence-corrected chi connectivity index (χ1v) is 13.6. The largest absolute Gasteiger partial charge is 0.497 e. The molecule has 11 heteroatoms. The third kappa shape index (κ3) is 5.76. The van der Waals surface area contributed by atoms with E-state index in [9.17, 15) is 4.79 Å². The minimum absolute atomic E-state index is 0.132. The van der Waals surface area contributed by atoms with Gasteiger partial charge < -0.3 is 14.5 Å². The zero-order valence-electron chi connectivity index (χ0n) is 21.5. The Morgan fingerprint density at radius 1 is 0.974 bits per heavy atom. The summed E-state index contributed by atoms with van der Waals surface area (Å²) in [5.74, 6) is 1.04. The van der Waals surface area contributed by atoms with Crippen molar-refractivity contribution in [2.24, 2.45) is 0 Å². The molecule has 2 aromatic carbocycles. The Kier molecular flexibility index (Phi) is 7.80. The molecule has 0 atom stereocenters. The quantitative estimate of drug-likeness (QED) is 0.244. The van der Waals surface area contributed by atoms with Crippen LogP contribution in [0.5, 0.6) is 5.75 Å². The molecule has 1 aliphatic heterocycles. The van der Waals surface area contributed by atoms with Crippen LogP contribution in [-0.2, 0) is 5.75 Å². The van der Waals surface area contributed by atoms with Crippen molar-refractivity contribution >= 4 is 35.0 Å². The smallest absolute Gasteiger partial charge is 0.276 e. The fourth-order valence-corrected chi connectivity index (χ4v) is 5.54. The summed E-state index contributed by atoms with van der Waals surface area (Å²) < 4.78 is 7.01. The number of thioether (sulfide) groups is 1. The molecule has 0 aliphatic carbocycles. The predicted molar refractivity (Wildman–Crippen MR) is 149 cm³/mol. The van der Waals surface area contributed by atoms with E-state index in [4.69, 9.17) is 16.3 Å². The lowest BCUT2D eigenvalue weighted by molar-refractivity contribution is 0.0740. The number of amides is 1. The van der Waals surface area contributed by atoms with Crippen molar-refractivity contribution in [1.29, 1.82) is 0 Å². The van der Waals surface area contributed by atoms with Gasteiger partial charge >= 0.3 is 0 Å². The van der Waals surface area contributed by atoms with Gasteiger partial charge in [0.15, 0.2) is 10.9 Å². The van der Waals surface area contributed by atoms with Crippen LogP contribution in [-0.4, -0.2) is 69.1 Å². The zero-order chi connectivity index (χ0) is 26.6. The van der Waals surface area contributed by atoms with Crippen molar-refractivity contribution in [1.82, 2.24) is 29.9 Å². The third-order valence-electron chi connectivity index (χ3n) is 6.32. The molecule has 5 rings (SSSR count). The first-order valence-electron chi connectivity index (χ1n) is 12.2. The Labute approximate surface area is 230 Å². The topological polar surface area (TPSA) is 89.3 Å². The average Bonchev–Trinajstić information content (AvgIpc) is 3.35. The van der Waals surface area contributed by atoms with Gasteiger partial charge in [-0.15, -0.1) is 5.10 Å². The third-order valence-corrected chi connectivity index (χ3v) is 7.42. The highest BCUT2D eigenvalue weighted by atomic mass is 35.5. The molecular formula is C27H28ClN7O2S. The van der Waals surface area contributed by atoms with Gasteiger partial charge in [0, 0.05) is 54.0 Å². The number of carbonyl (C=O) groups is 1. The second kappa shape index (κ2) is 11.4. The number of methoxy groups -OCH3 is 1. The Morgan fingerprint density at radius 2 is 1.68 bits per heavy atom. The van der Waals surface area contributed by atoms with Crippen LogP contribution in [0.15, 0.2) is 59.8 Å². The molecule has 0 unspecified atom stereocenters. The molecule has 38 heavy (non-hydrogen) atoms. The van der Waals surface area contributed by atoms with E-state index >= 15 is 0 Å². The highest BCUT2D eigenvalue weighted by molar-refractivity contribution is 7.98. The number of piperazine rings is 1. The molecule has 0 N–H and O–H groups in total. The van der Waals surface area contributed by atoms with Crippen LogP contribution >= 0.6 is 23.4 Å². The molecule has 0 spiro atoms. The van der Waals surface area contributed by atoms with Crippen LogP contribution in [0.3, 0.4) is 0 Å². The molecule has 3 heterocycles. The normalized spacial score (nSPS) is 13.6. The fraction of sp³-hybridized carbons (Fsp3) is 0.296. The van der Waals surface area contributed by atoms with E-state index in [1.165, 1.54) is 11.8 Å². The van der Waals surface area contributed by atoms with Crippen molar-refractivity contribution in [3.8, 4) is 11.4 Å². The molecule has 1 fully saturated rings. The molecular weight excluding hydrogens is 522 g/mol. The Bertz CT molecular complexity index is 1420. The number of aryl methyl sites for hydroxylation is 2. The fourth-order valence-electron chi connectivity index (χ4n) is 4.41. The molecule has 2 aromatic heterocycles. The van der Waals surface area contributed by atoms with Gasteiger partial charge in [0.2, 0.25) is 0 Å². The van der Waals surface area contributed by atoms with Crippen LogP contribution in [0.4, 0.5) is 5.69 Å². The molecule has 196 valence electrons. The lowest BCUT2D eigenvalue weighted by atomic mass is 10.2. The van der Waals surface area contributed by atoms with Gasteiger partial charge in [-0.2, -0.15) is 0 Å². The number of benzene rings is 2. The second-order valence-corrected chi connectivity index (χ2v) is 10.4. The minimum Gasteiger partial charge on any atom is -0.497 e. The second-order valence-electron chi connectivity index (χ2n) is 8.98. The SMILES string of the molecule is COc1ccc(-n2nnc(C(=O)N3CCN(c4cccc(Cl)c4)CC3)c2CSc2nc(C)cc(C)n2)cc1. The summed E-state index contributed by atoms with van der Waals surface area (Å²) in [6.45, 7) is 6.46. The van der Waals surface area contributed by atoms with Crippen molar-refractivity contribution in [2.45, 2.75) is 24.8 Å². The van der Waals surface area contributed by atoms with Crippen LogP contribution < -0.4 is 9.64 Å². The number of anilines is 1. The van der Waals surface area contributed by atoms with Crippen molar-refractivity contribution in [2.75, 3.05) is 38.2 Å². The Hall–Kier alpha value is -3.63. The van der Waals surface area contributed by atoms with Crippen LogP contribution in [0.1, 0.15) is 27.6 Å². The first kappa shape index (κ1) is 26.0. The maximum absolute atomic E-state index is 13.7. The summed E-state index contributed by atoms with van der Waals surface area (Å²) in [5, 5.41) is 10.1. The lowest BCUT2D eigenvalue weighted by Crippen LogP contribution is -2.49. The maximum atomic E-state index is 13.7. The van der Waals surface area contributed by atoms with Gasteiger partial charge in [-0.05, 0) is 62.4 Å². The monoisotopic (exact) mass is 549 g/mol. The number of ether oxygens (including phenoxy) is 1. The molecule has 0 bridgehead atoms. The van der Waals surface area contributed by atoms with E-state index in [2.05, 4.69) is 25.2 Å². The summed E-state index contributed by atoms with van der Waals surface area (Å²) in [4.78, 5) is 26.8. The summed E-state index contributed by atoms with van der Waals surface area (Å²) in [5.41, 5.74) is 4.69. The molecule has 4 aromatic rings. The molecule has 1 saturated heterocycles. The van der Waals surface area contributed by atoms with Gasteiger partial charge in [0.05, 0.1) is 18.5 Å². The Morgan fingerprint density at radius 3 is 2.34 bits per heavy atom. The maximum Gasteiger partial charge on any atom is 0.276 e. The number of nitrogens with zero attached hydrogens (tertiary/aromatic N) is 7. The van der Waals surface area contributed by atoms with E-state index in [1.807, 2.05) is 73.3 Å². The van der Waals surface area contributed by atoms with Crippen LogP contribution in [0.2, 0.25) is 5.02 Å². The predicted octanol–water partition coefficient (Wildman–Crippen LogP) is 4.59. The van der Waals surface area contributed by atoms with Crippen LogP contribution in [0, 0.1) is 13.8 Å². The van der Waals surface area contributed by atoms with Crippen LogP contribution in [0.25, 0.3) is 5.69 Å². The number of halogens is 1. The van der Waals surface area contributed by atoms with Crippen molar-refractivity contribution < 1.29 is 9.53 Å². The summed E-state index contributed by atoms with van der Waals surface area (Å²) in [6.07, 6.45) is 0. The van der Waals surface area contributed by atoms with Gasteiger partial charge in [-0.3, -0.25) is 4.79 Å². The van der Waals surface area contributed by atoms with Crippen molar-refractivity contribution in [3.05, 3.63) is 82.4 Å². The number of hydrogen-bond donors (Lipinski definition) is 0. The molecule has 0 saturated carbocycles. The highest BCUT2D eigenvalue weighted by Crippen LogP contribution is 2.26. The standard InChI is InChI=1S/C27H28ClN7O2S/c1-18-15-19(2)30-27(29-18)38-17-24-25(31-32-35(24)21-7-9-23(37-3)10-8-21)26(36)34-13-11-33(12-14-34)22-6-4-5-20(28)16-22/h4-10,15-16H,11-14,17H2,1-3H3. The van der Waals surface area contributed by atoms with E-state index < -0.39 is 0 Å². The van der Waals surface area contributed by atoms with Gasteiger partial charge in [-0.25, -0.2) is 14.6 Å². The van der Waals surface area contributed by atoms with Gasteiger partial charge in [-0.1, -0.05) is 34.6 Å². The lowest BCUT2D eigenvalue weighted by Gasteiger charge is -2.36. The zero-order valence-corrected chi connectivity index (χ0v) is 23.0. The van der Waals surface area contributed by atoms with Crippen molar-refractivity contribution in [3.63, 3.8) is 0 Å². The first-order chi connectivity index (χ1) is 18.4. The summed E-state index contributed by atoms with van der Waals surface area (Å²) in [7, 11) is 1.62. The number of aromatic nitrogens is 5. The molecule has 1 aliphatic rings. The van der Waals surface area contributed by atoms with Gasteiger partial charge in [0.1, 0.15) is 5.75 Å². The number of rotatable bonds is 7. The molecule has 0 radical (unpaired) electrons. The highest BCUT2D eigenvalue weighted by Gasteiger charge is 2.28. The van der Waals surface area contributed by atoms with E-state index in [1.54, 1.807) is 11.8 Å². The van der Waals surface area contributed by atoms with Gasteiger partial charge in [0.25, 0.3) is 5.91 Å². The van der Waals surface area contributed by atoms with E-state index in [0.29, 0.717) is 53.5 Å². The summed E-state index contributed by atoms with van der Waals surface area (Å²) >= 11 is 7.64. The van der Waals surface area contributed by atoms with E-state index in [0.717, 1.165) is 28.5 Å². The summed E-state index contributed by atoms with van der Waals surface area (Å²) in [6, 6.07) is 17.2. The van der Waals surface area contributed by atoms with E-state index in [-0.39, 0.29) is 5.91 Å².